The van der Waals surface area contributed by atoms with Crippen LogP contribution in [0.15, 0.2) is 36.4 Å². The van der Waals surface area contributed by atoms with Gasteiger partial charge in [0.2, 0.25) is 11.8 Å². The molecule has 214 valence electrons. The van der Waals surface area contributed by atoms with E-state index in [1.807, 2.05) is 30.3 Å². The van der Waals surface area contributed by atoms with Crippen LogP contribution in [-0.2, 0) is 44.9 Å². The Labute approximate surface area is 240 Å². The predicted octanol–water partition coefficient (Wildman–Crippen LogP) is 2.17. The van der Waals surface area contributed by atoms with Crippen molar-refractivity contribution in [3.05, 3.63) is 69.2 Å². The van der Waals surface area contributed by atoms with E-state index in [1.54, 1.807) is 11.0 Å². The highest BCUT2D eigenvalue weighted by molar-refractivity contribution is 6.31. The third-order valence-corrected chi connectivity index (χ3v) is 7.89. The lowest BCUT2D eigenvalue weighted by Crippen LogP contribution is -2.51. The van der Waals surface area contributed by atoms with E-state index in [4.69, 9.17) is 16.3 Å². The van der Waals surface area contributed by atoms with E-state index in [0.717, 1.165) is 67.8 Å². The Morgan fingerprint density at radius 1 is 1.10 bits per heavy atom. The molecule has 1 saturated heterocycles. The number of fused-ring (bicyclic) bond motifs is 1. The highest BCUT2D eigenvalue weighted by Crippen LogP contribution is 2.24. The molecule has 1 atom stereocenters. The van der Waals surface area contributed by atoms with E-state index in [-0.39, 0.29) is 37.0 Å². The van der Waals surface area contributed by atoms with E-state index < -0.39 is 6.04 Å². The standard InChI is InChI=1S/C30H37ClN4O5/c1-32-29(38)27(3-2-14-36)35-11-9-24-17-22(5-7-25(24)30(35)39)20-33-28(37)19-21-4-6-23(26(31)18-21)8-10-34-12-15-40-16-13-34/h4-7,14,17-18,27H,2-3,8-13,15-16,19-20H2,1H3,(H,32,38)(H,33,37). The summed E-state index contributed by atoms with van der Waals surface area (Å²) in [6.07, 6.45) is 2.93. The number of carbonyl (C=O) groups excluding carboxylic acids is 4. The summed E-state index contributed by atoms with van der Waals surface area (Å²) < 4.78 is 5.40. The van der Waals surface area contributed by atoms with Gasteiger partial charge >= 0.3 is 0 Å². The maximum absolute atomic E-state index is 13.2. The van der Waals surface area contributed by atoms with E-state index in [2.05, 4.69) is 15.5 Å². The second kappa shape index (κ2) is 14.4. The Hall–Kier alpha value is -3.27. The molecule has 2 aromatic carbocycles. The van der Waals surface area contributed by atoms with Crippen LogP contribution in [0.1, 0.15) is 45.5 Å². The number of nitrogens with one attached hydrogen (secondary N) is 2. The number of hydrogen-bond acceptors (Lipinski definition) is 6. The van der Waals surface area contributed by atoms with Gasteiger partial charge in [0.05, 0.1) is 19.6 Å². The average molecular weight is 569 g/mol. The molecule has 2 heterocycles. The van der Waals surface area contributed by atoms with E-state index in [0.29, 0.717) is 30.1 Å². The summed E-state index contributed by atoms with van der Waals surface area (Å²) in [5.41, 5.74) is 4.26. The van der Waals surface area contributed by atoms with Gasteiger partial charge in [0.15, 0.2) is 0 Å². The van der Waals surface area contributed by atoms with Gasteiger partial charge < -0.3 is 25.1 Å². The fourth-order valence-electron chi connectivity index (χ4n) is 5.24. The first-order valence-corrected chi connectivity index (χ1v) is 14.2. The number of aldehydes is 1. The van der Waals surface area contributed by atoms with Gasteiger partial charge in [0.25, 0.3) is 5.91 Å². The summed E-state index contributed by atoms with van der Waals surface area (Å²) in [5, 5.41) is 6.23. The van der Waals surface area contributed by atoms with Crippen LogP contribution in [0.3, 0.4) is 0 Å². The van der Waals surface area contributed by atoms with Crippen molar-refractivity contribution < 1.29 is 23.9 Å². The van der Waals surface area contributed by atoms with Crippen LogP contribution >= 0.6 is 11.6 Å². The number of benzene rings is 2. The number of halogens is 1. The number of nitrogens with zero attached hydrogens (tertiary/aromatic N) is 2. The minimum Gasteiger partial charge on any atom is -0.379 e. The van der Waals surface area contributed by atoms with Crippen LogP contribution < -0.4 is 10.6 Å². The molecule has 0 radical (unpaired) electrons. The van der Waals surface area contributed by atoms with Crippen LogP contribution in [-0.4, -0.2) is 86.3 Å². The van der Waals surface area contributed by atoms with Gasteiger partial charge in [-0.2, -0.15) is 0 Å². The molecule has 2 aliphatic rings. The first kappa shape index (κ1) is 29.7. The minimum atomic E-state index is -0.679. The first-order chi connectivity index (χ1) is 19.4. The van der Waals surface area contributed by atoms with Crippen LogP contribution in [0.2, 0.25) is 5.02 Å². The van der Waals surface area contributed by atoms with Gasteiger partial charge in [-0.25, -0.2) is 0 Å². The van der Waals surface area contributed by atoms with Crippen molar-refractivity contribution in [2.24, 2.45) is 0 Å². The SMILES string of the molecule is CNC(=O)C(CCC=O)N1CCc2cc(CNC(=O)Cc3ccc(CCN4CCOCC4)c(Cl)c3)ccc2C1=O. The van der Waals surface area contributed by atoms with Crippen molar-refractivity contribution in [2.45, 2.75) is 44.7 Å². The molecular formula is C30H37ClN4O5. The molecule has 4 rings (SSSR count). The summed E-state index contributed by atoms with van der Waals surface area (Å²) in [5.74, 6) is -0.607. The molecule has 0 spiro atoms. The largest absolute Gasteiger partial charge is 0.379 e. The summed E-state index contributed by atoms with van der Waals surface area (Å²) >= 11 is 6.52. The fraction of sp³-hybridized carbons (Fsp3) is 0.467. The smallest absolute Gasteiger partial charge is 0.254 e. The number of carbonyl (C=O) groups is 4. The summed E-state index contributed by atoms with van der Waals surface area (Å²) in [4.78, 5) is 53.0. The van der Waals surface area contributed by atoms with Crippen molar-refractivity contribution in [1.82, 2.24) is 20.4 Å². The van der Waals surface area contributed by atoms with E-state index in [1.165, 1.54) is 7.05 Å². The van der Waals surface area contributed by atoms with Crippen molar-refractivity contribution in [3.8, 4) is 0 Å². The Morgan fingerprint density at radius 2 is 1.88 bits per heavy atom. The summed E-state index contributed by atoms with van der Waals surface area (Å²) in [7, 11) is 1.52. The molecule has 0 bridgehead atoms. The van der Waals surface area contributed by atoms with E-state index >= 15 is 0 Å². The number of rotatable bonds is 12. The zero-order valence-corrected chi connectivity index (χ0v) is 23.7. The van der Waals surface area contributed by atoms with Gasteiger partial charge in [0, 0.05) is 56.8 Å². The van der Waals surface area contributed by atoms with Gasteiger partial charge in [-0.15, -0.1) is 0 Å². The monoisotopic (exact) mass is 568 g/mol. The topological polar surface area (TPSA) is 108 Å². The molecule has 2 aromatic rings. The molecule has 3 amide bonds. The first-order valence-electron chi connectivity index (χ1n) is 13.8. The maximum atomic E-state index is 13.2. The van der Waals surface area contributed by atoms with Crippen LogP contribution in [0, 0.1) is 0 Å². The molecule has 2 aliphatic heterocycles. The number of likely N-dealkylation sites (N-methyl/N-ethyl adjacent to an activating group) is 1. The molecule has 9 nitrogen and oxygen atoms in total. The Kier molecular flexibility index (Phi) is 10.7. The number of hydrogen-bond donors (Lipinski definition) is 2. The van der Waals surface area contributed by atoms with Crippen LogP contribution in [0.25, 0.3) is 0 Å². The van der Waals surface area contributed by atoms with Gasteiger partial charge in [0.1, 0.15) is 12.3 Å². The second-order valence-electron chi connectivity index (χ2n) is 10.2. The molecule has 0 aromatic heterocycles. The number of amides is 3. The Morgan fingerprint density at radius 3 is 2.60 bits per heavy atom. The highest BCUT2D eigenvalue weighted by atomic mass is 35.5. The third-order valence-electron chi connectivity index (χ3n) is 7.54. The van der Waals surface area contributed by atoms with Crippen molar-refractivity contribution >= 4 is 35.6 Å². The van der Waals surface area contributed by atoms with Crippen LogP contribution in [0.5, 0.6) is 0 Å². The molecule has 1 unspecified atom stereocenters. The summed E-state index contributed by atoms with van der Waals surface area (Å²) in [6, 6.07) is 10.7. The molecular weight excluding hydrogens is 532 g/mol. The van der Waals surface area contributed by atoms with Crippen LogP contribution in [0.4, 0.5) is 0 Å². The normalized spacial score (nSPS) is 16.2. The molecule has 2 N–H and O–H groups in total. The predicted molar refractivity (Wildman–Crippen MR) is 152 cm³/mol. The zero-order valence-electron chi connectivity index (χ0n) is 22.9. The lowest BCUT2D eigenvalue weighted by molar-refractivity contribution is -0.125. The molecule has 1 fully saturated rings. The molecule has 0 saturated carbocycles. The lowest BCUT2D eigenvalue weighted by Gasteiger charge is -2.34. The van der Waals surface area contributed by atoms with Crippen molar-refractivity contribution in [3.63, 3.8) is 0 Å². The van der Waals surface area contributed by atoms with Gasteiger partial charge in [-0.05, 0) is 53.6 Å². The van der Waals surface area contributed by atoms with E-state index in [9.17, 15) is 19.2 Å². The zero-order chi connectivity index (χ0) is 28.5. The van der Waals surface area contributed by atoms with Crippen molar-refractivity contribution in [2.75, 3.05) is 46.4 Å². The average Bonchev–Trinajstić information content (AvgIpc) is 2.97. The fourth-order valence-corrected chi connectivity index (χ4v) is 5.54. The number of morpholine rings is 1. The number of ether oxygens (including phenoxy) is 1. The second-order valence-corrected chi connectivity index (χ2v) is 10.6. The Bertz CT molecular complexity index is 1230. The quantitative estimate of drug-likeness (QED) is 0.380. The molecule has 0 aliphatic carbocycles. The third kappa shape index (κ3) is 7.68. The molecule has 10 heteroatoms. The summed E-state index contributed by atoms with van der Waals surface area (Å²) in [6.45, 7) is 5.09. The van der Waals surface area contributed by atoms with Gasteiger partial charge in [-0.3, -0.25) is 19.3 Å². The molecule has 40 heavy (non-hydrogen) atoms. The maximum Gasteiger partial charge on any atom is 0.254 e. The minimum absolute atomic E-state index is 0.110. The van der Waals surface area contributed by atoms with Gasteiger partial charge in [-0.1, -0.05) is 35.9 Å². The Balaban J connectivity index is 1.30. The van der Waals surface area contributed by atoms with Crippen molar-refractivity contribution in [1.29, 1.82) is 0 Å². The lowest BCUT2D eigenvalue weighted by atomic mass is 9.94. The highest BCUT2D eigenvalue weighted by Gasteiger charge is 2.33.